The molecule has 1 N–H and O–H groups in total. The lowest BCUT2D eigenvalue weighted by Crippen LogP contribution is -2.35. The van der Waals surface area contributed by atoms with Crippen LogP contribution in [-0.4, -0.2) is 42.1 Å². The number of hydrogen-bond donors (Lipinski definition) is 1. The van der Waals surface area contributed by atoms with Crippen LogP contribution in [0.15, 0.2) is 30.3 Å². The van der Waals surface area contributed by atoms with Gasteiger partial charge >= 0.3 is 6.09 Å². The fourth-order valence-corrected chi connectivity index (χ4v) is 2.81. The van der Waals surface area contributed by atoms with Gasteiger partial charge in [0.15, 0.2) is 0 Å². The Bertz CT molecular complexity index is 542. The van der Waals surface area contributed by atoms with E-state index >= 15 is 0 Å². The molecule has 118 valence electrons. The topological polar surface area (TPSA) is 58.6 Å². The first kappa shape index (κ1) is 14.9. The normalized spacial score (nSPS) is 22.3. The van der Waals surface area contributed by atoms with E-state index in [2.05, 4.69) is 5.32 Å². The fraction of sp³-hybridized carbons (Fsp3) is 0.529. The molecule has 1 saturated carbocycles. The van der Waals surface area contributed by atoms with Gasteiger partial charge in [-0.2, -0.15) is 0 Å². The Kier molecular flexibility index (Phi) is 4.32. The molecule has 1 aromatic carbocycles. The third-order valence-electron chi connectivity index (χ3n) is 4.28. The average molecular weight is 302 g/mol. The lowest BCUT2D eigenvalue weighted by atomic mass is 9.97. The maximum absolute atomic E-state index is 12.0. The van der Waals surface area contributed by atoms with Crippen LogP contribution >= 0.6 is 0 Å². The zero-order valence-electron chi connectivity index (χ0n) is 12.8. The van der Waals surface area contributed by atoms with Crippen molar-refractivity contribution in [2.24, 2.45) is 0 Å². The summed E-state index contributed by atoms with van der Waals surface area (Å²) in [7, 11) is 0. The summed E-state index contributed by atoms with van der Waals surface area (Å²) >= 11 is 0. The molecule has 1 aromatic rings. The van der Waals surface area contributed by atoms with Gasteiger partial charge in [0.05, 0.1) is 13.1 Å². The van der Waals surface area contributed by atoms with Crippen LogP contribution in [0.5, 0.6) is 0 Å². The van der Waals surface area contributed by atoms with Gasteiger partial charge in [-0.1, -0.05) is 37.3 Å². The summed E-state index contributed by atoms with van der Waals surface area (Å²) in [5.41, 5.74) is 1.16. The summed E-state index contributed by atoms with van der Waals surface area (Å²) in [5.74, 6) is 0.174. The molecule has 1 aliphatic heterocycles. The van der Waals surface area contributed by atoms with Crippen molar-refractivity contribution < 1.29 is 14.3 Å². The first-order chi connectivity index (χ1) is 10.6. The van der Waals surface area contributed by atoms with Crippen molar-refractivity contribution in [1.82, 2.24) is 10.2 Å². The van der Waals surface area contributed by atoms with E-state index in [0.717, 1.165) is 18.4 Å². The van der Waals surface area contributed by atoms with Crippen molar-refractivity contribution in [3.8, 4) is 0 Å². The van der Waals surface area contributed by atoms with Crippen LogP contribution in [-0.2, 0) is 9.53 Å². The van der Waals surface area contributed by atoms with Crippen LogP contribution in [0.25, 0.3) is 0 Å². The predicted octanol–water partition coefficient (Wildman–Crippen LogP) is 2.28. The number of nitrogens with zero attached hydrogens (tertiary/aromatic N) is 1. The Morgan fingerprint density at radius 1 is 1.36 bits per heavy atom. The zero-order chi connectivity index (χ0) is 15.5. The van der Waals surface area contributed by atoms with Gasteiger partial charge in [-0.3, -0.25) is 4.79 Å². The number of benzene rings is 1. The molecule has 1 saturated heterocycles. The van der Waals surface area contributed by atoms with Gasteiger partial charge in [0.25, 0.3) is 0 Å². The maximum Gasteiger partial charge on any atom is 0.410 e. The van der Waals surface area contributed by atoms with Crippen molar-refractivity contribution >= 4 is 12.0 Å². The lowest BCUT2D eigenvalue weighted by molar-refractivity contribution is -0.121. The van der Waals surface area contributed by atoms with E-state index in [1.807, 2.05) is 37.3 Å². The molecule has 1 heterocycles. The van der Waals surface area contributed by atoms with E-state index in [9.17, 15) is 9.59 Å². The molecule has 5 nitrogen and oxygen atoms in total. The van der Waals surface area contributed by atoms with Crippen LogP contribution in [0.1, 0.15) is 37.7 Å². The molecule has 0 radical (unpaired) electrons. The summed E-state index contributed by atoms with van der Waals surface area (Å²) in [4.78, 5) is 25.5. The van der Waals surface area contributed by atoms with Gasteiger partial charge in [0, 0.05) is 12.5 Å². The highest BCUT2D eigenvalue weighted by atomic mass is 16.6. The summed E-state index contributed by atoms with van der Waals surface area (Å²) in [6, 6.07) is 10.4. The molecule has 2 amide bonds. The van der Waals surface area contributed by atoms with Gasteiger partial charge in [-0.25, -0.2) is 4.79 Å². The third-order valence-corrected chi connectivity index (χ3v) is 4.28. The highest BCUT2D eigenvalue weighted by molar-refractivity contribution is 5.77. The van der Waals surface area contributed by atoms with Crippen LogP contribution in [0.2, 0.25) is 0 Å². The summed E-state index contributed by atoms with van der Waals surface area (Å²) in [5, 5.41) is 2.88. The maximum atomic E-state index is 12.0. The second-order valence-electron chi connectivity index (χ2n) is 6.21. The number of ether oxygens (including phenoxy) is 1. The van der Waals surface area contributed by atoms with Crippen LogP contribution < -0.4 is 5.32 Å². The molecule has 2 aliphatic rings. The Balaban J connectivity index is 1.42. The first-order valence-corrected chi connectivity index (χ1v) is 7.92. The van der Waals surface area contributed by atoms with Gasteiger partial charge in [0.2, 0.25) is 5.91 Å². The van der Waals surface area contributed by atoms with E-state index < -0.39 is 0 Å². The SMILES string of the molecule is CC(CC(=O)NCC1CN(C2CC2)C(=O)O1)c1ccccc1. The van der Waals surface area contributed by atoms with Crippen molar-refractivity contribution in [3.05, 3.63) is 35.9 Å². The minimum Gasteiger partial charge on any atom is -0.442 e. The monoisotopic (exact) mass is 302 g/mol. The standard InChI is InChI=1S/C17H22N2O3/c1-12(13-5-3-2-4-6-13)9-16(20)18-10-15-11-19(14-7-8-14)17(21)22-15/h2-6,12,14-15H,7-11H2,1H3,(H,18,20). The molecule has 2 atom stereocenters. The molecule has 2 unspecified atom stereocenters. The molecule has 0 spiro atoms. The number of rotatable bonds is 6. The van der Waals surface area contributed by atoms with Crippen LogP contribution in [0, 0.1) is 0 Å². The zero-order valence-corrected chi connectivity index (χ0v) is 12.8. The van der Waals surface area contributed by atoms with Crippen molar-refractivity contribution in [3.63, 3.8) is 0 Å². The Labute approximate surface area is 130 Å². The molecular weight excluding hydrogens is 280 g/mol. The highest BCUT2D eigenvalue weighted by Gasteiger charge is 2.40. The summed E-state index contributed by atoms with van der Waals surface area (Å²) < 4.78 is 5.29. The van der Waals surface area contributed by atoms with Gasteiger partial charge < -0.3 is 15.0 Å². The lowest BCUT2D eigenvalue weighted by Gasteiger charge is -2.14. The molecule has 3 rings (SSSR count). The molecule has 2 fully saturated rings. The average Bonchev–Trinajstić information content (AvgIpc) is 3.29. The molecule has 0 bridgehead atoms. The molecule has 5 heteroatoms. The summed E-state index contributed by atoms with van der Waals surface area (Å²) in [6.45, 7) is 3.03. The second kappa shape index (κ2) is 6.38. The minimum atomic E-state index is -0.237. The minimum absolute atomic E-state index is 0.00252. The number of carbonyl (C=O) groups excluding carboxylic acids is 2. The Morgan fingerprint density at radius 2 is 2.09 bits per heavy atom. The predicted molar refractivity (Wildman–Crippen MR) is 82.5 cm³/mol. The van der Waals surface area contributed by atoms with E-state index in [4.69, 9.17) is 4.74 Å². The van der Waals surface area contributed by atoms with Gasteiger partial charge in [-0.05, 0) is 24.3 Å². The molecule has 0 aromatic heterocycles. The first-order valence-electron chi connectivity index (χ1n) is 7.92. The highest BCUT2D eigenvalue weighted by Crippen LogP contribution is 2.30. The third kappa shape index (κ3) is 3.59. The number of hydrogen-bond acceptors (Lipinski definition) is 3. The van der Waals surface area contributed by atoms with E-state index in [1.54, 1.807) is 4.90 Å². The summed E-state index contributed by atoms with van der Waals surface area (Å²) in [6.07, 6.45) is 2.13. The van der Waals surface area contributed by atoms with E-state index in [1.165, 1.54) is 0 Å². The van der Waals surface area contributed by atoms with Crippen LogP contribution in [0.4, 0.5) is 4.79 Å². The van der Waals surface area contributed by atoms with Crippen molar-refractivity contribution in [2.75, 3.05) is 13.1 Å². The largest absolute Gasteiger partial charge is 0.442 e. The Morgan fingerprint density at radius 3 is 2.77 bits per heavy atom. The molecule has 22 heavy (non-hydrogen) atoms. The van der Waals surface area contributed by atoms with Crippen LogP contribution in [0.3, 0.4) is 0 Å². The number of nitrogens with one attached hydrogen (secondary N) is 1. The van der Waals surface area contributed by atoms with Gasteiger partial charge in [-0.15, -0.1) is 0 Å². The number of cyclic esters (lactones) is 1. The quantitative estimate of drug-likeness (QED) is 0.877. The van der Waals surface area contributed by atoms with E-state index in [0.29, 0.717) is 25.6 Å². The van der Waals surface area contributed by atoms with Crippen molar-refractivity contribution in [1.29, 1.82) is 0 Å². The van der Waals surface area contributed by atoms with Crippen molar-refractivity contribution in [2.45, 2.75) is 44.2 Å². The molecule has 1 aliphatic carbocycles. The number of amides is 2. The fourth-order valence-electron chi connectivity index (χ4n) is 2.81. The Hall–Kier alpha value is -2.04. The number of carbonyl (C=O) groups is 2. The van der Waals surface area contributed by atoms with E-state index in [-0.39, 0.29) is 24.0 Å². The smallest absolute Gasteiger partial charge is 0.410 e. The van der Waals surface area contributed by atoms with Gasteiger partial charge in [0.1, 0.15) is 6.10 Å². The second-order valence-corrected chi connectivity index (χ2v) is 6.21. The molecular formula is C17H22N2O3.